The lowest BCUT2D eigenvalue weighted by molar-refractivity contribution is 0.173. The number of methoxy groups -OCH3 is 2. The third kappa shape index (κ3) is 1.73. The molecule has 4 nitrogen and oxygen atoms in total. The van der Waals surface area contributed by atoms with Crippen LogP contribution in [-0.4, -0.2) is 24.9 Å². The standard InChI is InChI=1S/C12H12FNO3/c1-7-4-8-5-9(16-2)6-10(13)11(8)14(7)12(15)17-3/h4-6H,1-3H3. The van der Waals surface area contributed by atoms with E-state index < -0.39 is 11.9 Å². The number of benzene rings is 1. The van der Waals surface area contributed by atoms with Crippen LogP contribution in [0.3, 0.4) is 0 Å². The van der Waals surface area contributed by atoms with Crippen LogP contribution in [0.2, 0.25) is 0 Å². The molecular weight excluding hydrogens is 225 g/mol. The van der Waals surface area contributed by atoms with E-state index in [9.17, 15) is 9.18 Å². The Balaban J connectivity index is 2.78. The first-order valence-electron chi connectivity index (χ1n) is 5.02. The van der Waals surface area contributed by atoms with Gasteiger partial charge in [0.2, 0.25) is 0 Å². The molecule has 1 aromatic carbocycles. The molecule has 0 fully saturated rings. The van der Waals surface area contributed by atoms with Gasteiger partial charge in [-0.3, -0.25) is 0 Å². The molecule has 1 aromatic heterocycles. The maximum atomic E-state index is 13.9. The first-order chi connectivity index (χ1) is 8.08. The topological polar surface area (TPSA) is 40.5 Å². The van der Waals surface area contributed by atoms with E-state index in [0.29, 0.717) is 16.8 Å². The quantitative estimate of drug-likeness (QED) is 0.765. The fourth-order valence-electron chi connectivity index (χ4n) is 1.85. The van der Waals surface area contributed by atoms with Gasteiger partial charge in [0.1, 0.15) is 5.75 Å². The van der Waals surface area contributed by atoms with E-state index in [-0.39, 0.29) is 5.52 Å². The number of rotatable bonds is 1. The van der Waals surface area contributed by atoms with E-state index in [1.807, 2.05) is 0 Å². The molecule has 17 heavy (non-hydrogen) atoms. The normalized spacial score (nSPS) is 10.6. The van der Waals surface area contributed by atoms with Crippen molar-refractivity contribution in [3.63, 3.8) is 0 Å². The van der Waals surface area contributed by atoms with Gasteiger partial charge in [0, 0.05) is 17.1 Å². The van der Waals surface area contributed by atoms with Crippen molar-refractivity contribution in [1.82, 2.24) is 4.57 Å². The van der Waals surface area contributed by atoms with Crippen LogP contribution in [0.25, 0.3) is 10.9 Å². The summed E-state index contributed by atoms with van der Waals surface area (Å²) < 4.78 is 24.7. The Kier molecular flexibility index (Phi) is 2.75. The molecule has 0 aliphatic rings. The highest BCUT2D eigenvalue weighted by Crippen LogP contribution is 2.27. The number of carbonyl (C=O) groups is 1. The summed E-state index contributed by atoms with van der Waals surface area (Å²) in [5.41, 5.74) is 0.814. The van der Waals surface area contributed by atoms with Gasteiger partial charge in [-0.1, -0.05) is 0 Å². The summed E-state index contributed by atoms with van der Waals surface area (Å²) in [5, 5.41) is 0.602. The second-order valence-corrected chi connectivity index (χ2v) is 3.64. The van der Waals surface area contributed by atoms with Crippen LogP contribution in [0.4, 0.5) is 9.18 Å². The Labute approximate surface area is 97.5 Å². The first kappa shape index (κ1) is 11.4. The molecule has 1 heterocycles. The number of hydrogen-bond acceptors (Lipinski definition) is 3. The van der Waals surface area contributed by atoms with E-state index in [4.69, 9.17) is 4.74 Å². The van der Waals surface area contributed by atoms with Crippen LogP contribution < -0.4 is 4.74 Å². The van der Waals surface area contributed by atoms with Crippen molar-refractivity contribution in [2.45, 2.75) is 6.92 Å². The van der Waals surface area contributed by atoms with Crippen molar-refractivity contribution in [3.05, 3.63) is 29.7 Å². The highest BCUT2D eigenvalue weighted by molar-refractivity contribution is 5.92. The second kappa shape index (κ2) is 4.08. The summed E-state index contributed by atoms with van der Waals surface area (Å²) in [7, 11) is 2.72. The minimum absolute atomic E-state index is 0.204. The molecule has 0 aliphatic carbocycles. The van der Waals surface area contributed by atoms with Gasteiger partial charge in [0.05, 0.1) is 19.7 Å². The highest BCUT2D eigenvalue weighted by Gasteiger charge is 2.17. The Hall–Kier alpha value is -2.04. The molecular formula is C12H12FNO3. The third-order valence-electron chi connectivity index (χ3n) is 2.60. The van der Waals surface area contributed by atoms with Crippen molar-refractivity contribution in [2.75, 3.05) is 14.2 Å². The van der Waals surface area contributed by atoms with E-state index in [0.717, 1.165) is 0 Å². The Morgan fingerprint density at radius 2 is 2.00 bits per heavy atom. The fraction of sp³-hybridized carbons (Fsp3) is 0.250. The fourth-order valence-corrected chi connectivity index (χ4v) is 1.85. The van der Waals surface area contributed by atoms with Crippen LogP contribution >= 0.6 is 0 Å². The van der Waals surface area contributed by atoms with Gasteiger partial charge in [-0.15, -0.1) is 0 Å². The van der Waals surface area contributed by atoms with Crippen LogP contribution in [0.5, 0.6) is 5.75 Å². The van der Waals surface area contributed by atoms with Crippen LogP contribution in [-0.2, 0) is 4.74 Å². The minimum Gasteiger partial charge on any atom is -0.497 e. The summed E-state index contributed by atoms with van der Waals surface area (Å²) in [6.07, 6.45) is -0.610. The van der Waals surface area contributed by atoms with Gasteiger partial charge in [-0.25, -0.2) is 13.8 Å². The smallest absolute Gasteiger partial charge is 0.418 e. The number of nitrogens with zero attached hydrogens (tertiary/aromatic N) is 1. The van der Waals surface area contributed by atoms with Crippen molar-refractivity contribution >= 4 is 17.0 Å². The van der Waals surface area contributed by atoms with Gasteiger partial charge in [-0.05, 0) is 19.1 Å². The number of aryl methyl sites for hydroxylation is 1. The maximum Gasteiger partial charge on any atom is 0.418 e. The number of carbonyl (C=O) groups excluding carboxylic acids is 1. The van der Waals surface area contributed by atoms with Crippen molar-refractivity contribution in [2.24, 2.45) is 0 Å². The zero-order valence-electron chi connectivity index (χ0n) is 9.78. The minimum atomic E-state index is -0.610. The van der Waals surface area contributed by atoms with Crippen molar-refractivity contribution in [3.8, 4) is 5.75 Å². The molecule has 5 heteroatoms. The number of ether oxygens (including phenoxy) is 2. The van der Waals surface area contributed by atoms with Gasteiger partial charge < -0.3 is 9.47 Å². The Bertz CT molecular complexity index is 589. The lowest BCUT2D eigenvalue weighted by atomic mass is 10.2. The predicted octanol–water partition coefficient (Wildman–Crippen LogP) is 2.71. The first-order valence-corrected chi connectivity index (χ1v) is 5.02. The summed E-state index contributed by atoms with van der Waals surface area (Å²) >= 11 is 0. The van der Waals surface area contributed by atoms with Crippen molar-refractivity contribution < 1.29 is 18.7 Å². The zero-order chi connectivity index (χ0) is 12.6. The molecule has 0 N–H and O–H groups in total. The summed E-state index contributed by atoms with van der Waals surface area (Å²) in [5.74, 6) is -0.102. The van der Waals surface area contributed by atoms with Crippen LogP contribution in [0.1, 0.15) is 5.69 Å². The third-order valence-corrected chi connectivity index (χ3v) is 2.60. The molecule has 0 saturated carbocycles. The number of fused-ring (bicyclic) bond motifs is 1. The predicted molar refractivity (Wildman–Crippen MR) is 61.0 cm³/mol. The van der Waals surface area contributed by atoms with E-state index in [1.54, 1.807) is 19.1 Å². The molecule has 0 spiro atoms. The number of hydrogen-bond donors (Lipinski definition) is 0. The zero-order valence-corrected chi connectivity index (χ0v) is 9.78. The average molecular weight is 237 g/mol. The molecule has 2 rings (SSSR count). The Morgan fingerprint density at radius 1 is 1.29 bits per heavy atom. The van der Waals surface area contributed by atoms with Crippen LogP contribution in [0, 0.1) is 12.7 Å². The average Bonchev–Trinajstić information content (AvgIpc) is 2.64. The molecule has 90 valence electrons. The van der Waals surface area contributed by atoms with Crippen LogP contribution in [0.15, 0.2) is 18.2 Å². The molecule has 2 aromatic rings. The molecule has 0 aliphatic heterocycles. The van der Waals surface area contributed by atoms with Gasteiger partial charge in [0.15, 0.2) is 5.82 Å². The summed E-state index contributed by atoms with van der Waals surface area (Å²) in [6.45, 7) is 1.71. The second-order valence-electron chi connectivity index (χ2n) is 3.64. The molecule has 0 unspecified atom stereocenters. The largest absolute Gasteiger partial charge is 0.497 e. The summed E-state index contributed by atoms with van der Waals surface area (Å²) in [4.78, 5) is 11.6. The van der Waals surface area contributed by atoms with Gasteiger partial charge in [-0.2, -0.15) is 0 Å². The molecule has 0 bridgehead atoms. The lowest BCUT2D eigenvalue weighted by Gasteiger charge is -2.06. The lowest BCUT2D eigenvalue weighted by Crippen LogP contribution is -2.13. The molecule has 0 atom stereocenters. The SMILES string of the molecule is COC(=O)n1c(C)cc2cc(OC)cc(F)c21. The van der Waals surface area contributed by atoms with Gasteiger partial charge in [0.25, 0.3) is 0 Å². The molecule has 0 radical (unpaired) electrons. The highest BCUT2D eigenvalue weighted by atomic mass is 19.1. The maximum absolute atomic E-state index is 13.9. The summed E-state index contributed by atoms with van der Waals surface area (Å²) in [6, 6.07) is 4.62. The van der Waals surface area contributed by atoms with Crippen molar-refractivity contribution in [1.29, 1.82) is 0 Å². The monoisotopic (exact) mass is 237 g/mol. The molecule has 0 saturated heterocycles. The Morgan fingerprint density at radius 3 is 2.59 bits per heavy atom. The number of halogens is 1. The van der Waals surface area contributed by atoms with E-state index in [2.05, 4.69) is 4.74 Å². The van der Waals surface area contributed by atoms with Gasteiger partial charge >= 0.3 is 6.09 Å². The van der Waals surface area contributed by atoms with E-state index >= 15 is 0 Å². The van der Waals surface area contributed by atoms with E-state index in [1.165, 1.54) is 24.9 Å². The number of aromatic nitrogens is 1. The molecule has 0 amide bonds.